The maximum atomic E-state index is 10.6. The van der Waals surface area contributed by atoms with E-state index in [1.54, 1.807) is 0 Å². The predicted octanol–water partition coefficient (Wildman–Crippen LogP) is -0.254. The first-order valence-electron chi connectivity index (χ1n) is 4.65. The highest BCUT2D eigenvalue weighted by atomic mass is 16.4. The summed E-state index contributed by atoms with van der Waals surface area (Å²) in [6, 6.07) is 0. The van der Waals surface area contributed by atoms with Crippen molar-refractivity contribution in [3.8, 4) is 0 Å². The minimum absolute atomic E-state index is 0.0681. The number of nitrogens with zero attached hydrogens (tertiary/aromatic N) is 3. The van der Waals surface area contributed by atoms with Crippen LogP contribution in [0.15, 0.2) is 12.4 Å². The summed E-state index contributed by atoms with van der Waals surface area (Å²) in [6.45, 7) is 1.21. The first-order valence-corrected chi connectivity index (χ1v) is 4.65. The molecule has 2 N–H and O–H groups in total. The van der Waals surface area contributed by atoms with E-state index >= 15 is 0 Å². The number of aliphatic hydroxyl groups excluding tert-OH is 1. The molecule has 1 saturated heterocycles. The van der Waals surface area contributed by atoms with Crippen molar-refractivity contribution < 1.29 is 15.0 Å². The largest absolute Gasteiger partial charge is 0.478 e. The Morgan fingerprint density at radius 2 is 2.13 bits per heavy atom. The number of aromatic nitrogens is 2. The number of β-amino-alcohol motifs (C(OH)–C–C–N with tert-alkyl or cyclic N) is 1. The number of aromatic carboxylic acids is 1. The molecule has 15 heavy (non-hydrogen) atoms. The Labute approximate surface area is 86.2 Å². The maximum absolute atomic E-state index is 10.6. The Morgan fingerprint density at radius 3 is 2.60 bits per heavy atom. The number of aliphatic hydroxyl groups is 1. The van der Waals surface area contributed by atoms with Crippen LogP contribution in [0.5, 0.6) is 0 Å². The molecule has 0 amide bonds. The fraction of sp³-hybridized carbons (Fsp3) is 0.444. The second kappa shape index (κ2) is 3.82. The fourth-order valence-electron chi connectivity index (χ4n) is 1.52. The molecule has 1 aromatic heterocycles. The summed E-state index contributed by atoms with van der Waals surface area (Å²) in [5.41, 5.74) is 0.0681. The molecule has 6 nitrogen and oxygen atoms in total. The maximum Gasteiger partial charge on any atom is 0.338 e. The van der Waals surface area contributed by atoms with Gasteiger partial charge in [-0.15, -0.1) is 0 Å². The van der Waals surface area contributed by atoms with Gasteiger partial charge in [0.15, 0.2) is 0 Å². The van der Waals surface area contributed by atoms with Gasteiger partial charge in [0.1, 0.15) is 0 Å². The predicted molar refractivity (Wildman–Crippen MR) is 51.8 cm³/mol. The van der Waals surface area contributed by atoms with Gasteiger partial charge >= 0.3 is 5.97 Å². The van der Waals surface area contributed by atoms with Crippen LogP contribution in [-0.2, 0) is 0 Å². The summed E-state index contributed by atoms with van der Waals surface area (Å²) in [5, 5.41) is 18.0. The lowest BCUT2D eigenvalue weighted by Crippen LogP contribution is -2.23. The van der Waals surface area contributed by atoms with Gasteiger partial charge in [-0.1, -0.05) is 0 Å². The highest BCUT2D eigenvalue weighted by Crippen LogP contribution is 2.15. The van der Waals surface area contributed by atoms with Gasteiger partial charge in [-0.25, -0.2) is 14.8 Å². The molecule has 0 spiro atoms. The third-order valence-corrected chi connectivity index (χ3v) is 2.33. The summed E-state index contributed by atoms with van der Waals surface area (Å²) < 4.78 is 0. The Hall–Kier alpha value is -1.69. The first kappa shape index (κ1) is 9.85. The Kier molecular flexibility index (Phi) is 2.51. The molecule has 0 bridgehead atoms. The number of hydrogen-bond donors (Lipinski definition) is 2. The molecule has 1 fully saturated rings. The second-order valence-electron chi connectivity index (χ2n) is 3.47. The molecule has 0 radical (unpaired) electrons. The summed E-state index contributed by atoms with van der Waals surface area (Å²) in [5.74, 6) is -0.570. The zero-order valence-corrected chi connectivity index (χ0v) is 8.00. The van der Waals surface area contributed by atoms with Crippen molar-refractivity contribution in [1.29, 1.82) is 0 Å². The van der Waals surface area contributed by atoms with Crippen LogP contribution < -0.4 is 4.90 Å². The third kappa shape index (κ3) is 2.04. The monoisotopic (exact) mass is 209 g/mol. The van der Waals surface area contributed by atoms with Crippen LogP contribution in [-0.4, -0.2) is 45.3 Å². The Balaban J connectivity index is 2.13. The van der Waals surface area contributed by atoms with Crippen LogP contribution >= 0.6 is 0 Å². The van der Waals surface area contributed by atoms with Gasteiger partial charge < -0.3 is 15.1 Å². The van der Waals surface area contributed by atoms with Gasteiger partial charge in [0.25, 0.3) is 0 Å². The van der Waals surface area contributed by atoms with E-state index in [0.717, 1.165) is 0 Å². The lowest BCUT2D eigenvalue weighted by atomic mass is 10.3. The van der Waals surface area contributed by atoms with E-state index in [0.29, 0.717) is 25.5 Å². The molecule has 0 saturated carbocycles. The van der Waals surface area contributed by atoms with Crippen molar-refractivity contribution in [1.82, 2.24) is 9.97 Å². The highest BCUT2D eigenvalue weighted by molar-refractivity contribution is 5.86. The van der Waals surface area contributed by atoms with Crippen molar-refractivity contribution in [2.45, 2.75) is 12.5 Å². The van der Waals surface area contributed by atoms with Crippen molar-refractivity contribution in [3.05, 3.63) is 18.0 Å². The molecule has 2 rings (SSSR count). The molecular weight excluding hydrogens is 198 g/mol. The van der Waals surface area contributed by atoms with E-state index in [1.807, 2.05) is 4.90 Å². The van der Waals surface area contributed by atoms with Crippen LogP contribution in [0.2, 0.25) is 0 Å². The molecule has 1 atom stereocenters. The third-order valence-electron chi connectivity index (χ3n) is 2.33. The number of carboxylic acid groups (broad SMARTS) is 1. The molecule has 1 aromatic rings. The SMILES string of the molecule is O=C(O)c1cnc(N2CC[C@@H](O)C2)nc1. The van der Waals surface area contributed by atoms with Gasteiger partial charge in [0, 0.05) is 25.5 Å². The lowest BCUT2D eigenvalue weighted by Gasteiger charge is -2.14. The van der Waals surface area contributed by atoms with Crippen LogP contribution in [0, 0.1) is 0 Å². The number of carboxylic acids is 1. The van der Waals surface area contributed by atoms with Crippen LogP contribution in [0.25, 0.3) is 0 Å². The fourth-order valence-corrected chi connectivity index (χ4v) is 1.52. The average molecular weight is 209 g/mol. The van der Waals surface area contributed by atoms with Crippen molar-refractivity contribution in [2.24, 2.45) is 0 Å². The van der Waals surface area contributed by atoms with E-state index in [4.69, 9.17) is 5.11 Å². The Morgan fingerprint density at radius 1 is 1.47 bits per heavy atom. The van der Waals surface area contributed by atoms with Crippen molar-refractivity contribution in [3.63, 3.8) is 0 Å². The van der Waals surface area contributed by atoms with E-state index in [-0.39, 0.29) is 11.7 Å². The van der Waals surface area contributed by atoms with Gasteiger partial charge in [-0.05, 0) is 6.42 Å². The molecule has 80 valence electrons. The quantitative estimate of drug-likeness (QED) is 0.698. The first-order chi connectivity index (χ1) is 7.16. The zero-order chi connectivity index (χ0) is 10.8. The van der Waals surface area contributed by atoms with Crippen LogP contribution in [0.4, 0.5) is 5.95 Å². The number of anilines is 1. The molecule has 2 heterocycles. The summed E-state index contributed by atoms with van der Waals surface area (Å²) >= 11 is 0. The zero-order valence-electron chi connectivity index (χ0n) is 8.00. The van der Waals surface area contributed by atoms with E-state index in [2.05, 4.69) is 9.97 Å². The standard InChI is InChI=1S/C9H11N3O3/c13-7-1-2-12(5-7)9-10-3-6(4-11-9)8(14)15/h3-4,7,13H,1-2,5H2,(H,14,15)/t7-/m1/s1. The summed E-state index contributed by atoms with van der Waals surface area (Å²) in [4.78, 5) is 20.3. The van der Waals surface area contributed by atoms with Gasteiger partial charge in [-0.2, -0.15) is 0 Å². The average Bonchev–Trinajstić information content (AvgIpc) is 2.65. The van der Waals surface area contributed by atoms with Gasteiger partial charge in [-0.3, -0.25) is 0 Å². The molecule has 1 aliphatic rings. The molecule has 0 aromatic carbocycles. The minimum Gasteiger partial charge on any atom is -0.478 e. The van der Waals surface area contributed by atoms with Crippen LogP contribution in [0.1, 0.15) is 16.8 Å². The second-order valence-corrected chi connectivity index (χ2v) is 3.47. The number of hydrogen-bond acceptors (Lipinski definition) is 5. The Bertz CT molecular complexity index is 365. The smallest absolute Gasteiger partial charge is 0.338 e. The number of rotatable bonds is 2. The lowest BCUT2D eigenvalue weighted by molar-refractivity contribution is 0.0696. The van der Waals surface area contributed by atoms with Crippen molar-refractivity contribution in [2.75, 3.05) is 18.0 Å². The van der Waals surface area contributed by atoms with Gasteiger partial charge in [0.2, 0.25) is 5.95 Å². The van der Waals surface area contributed by atoms with E-state index < -0.39 is 5.97 Å². The molecular formula is C9H11N3O3. The van der Waals surface area contributed by atoms with E-state index in [1.165, 1.54) is 12.4 Å². The van der Waals surface area contributed by atoms with Crippen molar-refractivity contribution >= 4 is 11.9 Å². The van der Waals surface area contributed by atoms with Crippen LogP contribution in [0.3, 0.4) is 0 Å². The van der Waals surface area contributed by atoms with E-state index in [9.17, 15) is 9.90 Å². The summed E-state index contributed by atoms with van der Waals surface area (Å²) in [6.07, 6.45) is 2.90. The normalized spacial score (nSPS) is 20.6. The number of carbonyl (C=O) groups is 1. The molecule has 0 unspecified atom stereocenters. The highest BCUT2D eigenvalue weighted by Gasteiger charge is 2.22. The molecule has 0 aliphatic carbocycles. The molecule has 6 heteroatoms. The van der Waals surface area contributed by atoms with Gasteiger partial charge in [0.05, 0.1) is 11.7 Å². The topological polar surface area (TPSA) is 86.5 Å². The molecule has 1 aliphatic heterocycles. The minimum atomic E-state index is -1.04. The summed E-state index contributed by atoms with van der Waals surface area (Å²) in [7, 11) is 0.